The van der Waals surface area contributed by atoms with Crippen LogP contribution in [0.2, 0.25) is 4.34 Å². The monoisotopic (exact) mass is 398 g/mol. The number of hydrogen-bond donors (Lipinski definition) is 0. The van der Waals surface area contributed by atoms with E-state index in [2.05, 4.69) is 31.9 Å². The Hall–Kier alpha value is 0.460. The number of rotatable bonds is 2. The molecule has 5 heteroatoms. The van der Waals surface area contributed by atoms with Crippen molar-refractivity contribution in [2.24, 2.45) is 0 Å². The van der Waals surface area contributed by atoms with E-state index in [-0.39, 0.29) is 5.38 Å². The van der Waals surface area contributed by atoms with Crippen molar-refractivity contribution < 1.29 is 0 Å². The molecule has 1 aromatic carbocycles. The highest BCUT2D eigenvalue weighted by Gasteiger charge is 2.15. The Morgan fingerprint density at radius 2 is 1.94 bits per heavy atom. The SMILES string of the molecule is Clc1sc(C(Cl)c2cccc(Br)c2)cc1Br. The molecule has 1 unspecified atom stereocenters. The van der Waals surface area contributed by atoms with Crippen molar-refractivity contribution in [2.45, 2.75) is 5.38 Å². The smallest absolute Gasteiger partial charge is 0.107 e. The largest absolute Gasteiger partial charge is 0.125 e. The fourth-order valence-electron chi connectivity index (χ4n) is 1.32. The minimum absolute atomic E-state index is 0.161. The standard InChI is InChI=1S/C11H6Br2Cl2S/c12-7-3-1-2-6(4-7)10(14)9-5-8(13)11(15)16-9/h1-5,10H. The fourth-order valence-corrected chi connectivity index (χ4v) is 3.81. The summed E-state index contributed by atoms with van der Waals surface area (Å²) in [7, 11) is 0. The van der Waals surface area contributed by atoms with E-state index < -0.39 is 0 Å². The molecule has 0 aliphatic rings. The Labute approximate surface area is 125 Å². The molecule has 0 N–H and O–H groups in total. The highest BCUT2D eigenvalue weighted by molar-refractivity contribution is 9.10. The molecule has 0 nitrogen and oxygen atoms in total. The zero-order valence-corrected chi connectivity index (χ0v) is 13.4. The van der Waals surface area contributed by atoms with Gasteiger partial charge in [-0.3, -0.25) is 0 Å². The highest BCUT2D eigenvalue weighted by Crippen LogP contribution is 2.40. The zero-order chi connectivity index (χ0) is 11.7. The molecule has 0 saturated heterocycles. The summed E-state index contributed by atoms with van der Waals surface area (Å²) in [5.74, 6) is 0. The molecule has 0 amide bonds. The van der Waals surface area contributed by atoms with Crippen molar-refractivity contribution >= 4 is 66.4 Å². The molecule has 0 aliphatic heterocycles. The molecular formula is C11H6Br2Cl2S. The third-order valence-corrected chi connectivity index (χ3v) is 5.70. The molecule has 1 heterocycles. The van der Waals surface area contributed by atoms with Crippen molar-refractivity contribution in [1.82, 2.24) is 0 Å². The highest BCUT2D eigenvalue weighted by atomic mass is 79.9. The van der Waals surface area contributed by atoms with Crippen LogP contribution in [0.1, 0.15) is 15.8 Å². The van der Waals surface area contributed by atoms with Gasteiger partial charge in [0.1, 0.15) is 4.34 Å². The topological polar surface area (TPSA) is 0 Å². The van der Waals surface area contributed by atoms with Gasteiger partial charge < -0.3 is 0 Å². The minimum atomic E-state index is -0.161. The molecule has 2 aromatic rings. The molecule has 0 radical (unpaired) electrons. The summed E-state index contributed by atoms with van der Waals surface area (Å²) in [6.45, 7) is 0. The van der Waals surface area contributed by atoms with Gasteiger partial charge in [-0.2, -0.15) is 0 Å². The number of hydrogen-bond acceptors (Lipinski definition) is 1. The van der Waals surface area contributed by atoms with Gasteiger partial charge in [0.25, 0.3) is 0 Å². The predicted molar refractivity (Wildman–Crippen MR) is 78.9 cm³/mol. The third-order valence-electron chi connectivity index (χ3n) is 2.06. The second-order valence-electron chi connectivity index (χ2n) is 3.19. The molecular weight excluding hydrogens is 395 g/mol. The van der Waals surface area contributed by atoms with E-state index in [9.17, 15) is 0 Å². The van der Waals surface area contributed by atoms with E-state index in [1.165, 1.54) is 11.3 Å². The van der Waals surface area contributed by atoms with Crippen molar-refractivity contribution in [3.63, 3.8) is 0 Å². The molecule has 2 rings (SSSR count). The van der Waals surface area contributed by atoms with Gasteiger partial charge in [0.05, 0.1) is 5.38 Å². The zero-order valence-electron chi connectivity index (χ0n) is 7.88. The third kappa shape index (κ3) is 2.82. The van der Waals surface area contributed by atoms with Crippen LogP contribution in [0.25, 0.3) is 0 Å². The first-order valence-corrected chi connectivity index (χ1v) is 7.64. The van der Waals surface area contributed by atoms with Crippen LogP contribution in [0.4, 0.5) is 0 Å². The maximum absolute atomic E-state index is 6.40. The maximum Gasteiger partial charge on any atom is 0.107 e. The van der Waals surface area contributed by atoms with Crippen LogP contribution in [-0.4, -0.2) is 0 Å². The molecule has 1 aromatic heterocycles. The van der Waals surface area contributed by atoms with E-state index in [0.29, 0.717) is 0 Å². The van der Waals surface area contributed by atoms with Gasteiger partial charge >= 0.3 is 0 Å². The van der Waals surface area contributed by atoms with Crippen molar-refractivity contribution in [1.29, 1.82) is 0 Å². The van der Waals surface area contributed by atoms with Gasteiger partial charge in [0.2, 0.25) is 0 Å². The Balaban J connectivity index is 2.35. The van der Waals surface area contributed by atoms with Crippen LogP contribution >= 0.6 is 66.4 Å². The molecule has 84 valence electrons. The van der Waals surface area contributed by atoms with Crippen molar-refractivity contribution in [3.05, 3.63) is 54.1 Å². The number of alkyl halides is 1. The van der Waals surface area contributed by atoms with E-state index in [1.54, 1.807) is 0 Å². The quantitative estimate of drug-likeness (QED) is 0.522. The molecule has 0 fully saturated rings. The van der Waals surface area contributed by atoms with Crippen LogP contribution in [0, 0.1) is 0 Å². The lowest BCUT2D eigenvalue weighted by Crippen LogP contribution is -1.89. The molecule has 0 aliphatic carbocycles. The van der Waals surface area contributed by atoms with Crippen molar-refractivity contribution in [3.8, 4) is 0 Å². The summed E-state index contributed by atoms with van der Waals surface area (Å²) in [6.07, 6.45) is 0. The van der Waals surface area contributed by atoms with E-state index >= 15 is 0 Å². The van der Waals surface area contributed by atoms with Crippen LogP contribution in [0.5, 0.6) is 0 Å². The maximum atomic E-state index is 6.40. The average Bonchev–Trinajstić information content (AvgIpc) is 2.58. The van der Waals surface area contributed by atoms with Gasteiger partial charge in [-0.25, -0.2) is 0 Å². The van der Waals surface area contributed by atoms with Gasteiger partial charge in [0.15, 0.2) is 0 Å². The molecule has 0 bridgehead atoms. The van der Waals surface area contributed by atoms with Crippen LogP contribution < -0.4 is 0 Å². The number of thiophene rings is 1. The summed E-state index contributed by atoms with van der Waals surface area (Å²) in [5.41, 5.74) is 1.06. The summed E-state index contributed by atoms with van der Waals surface area (Å²) >= 11 is 20.7. The van der Waals surface area contributed by atoms with Crippen LogP contribution in [-0.2, 0) is 0 Å². The Morgan fingerprint density at radius 1 is 1.19 bits per heavy atom. The molecule has 0 saturated carbocycles. The Bertz CT molecular complexity index is 491. The lowest BCUT2D eigenvalue weighted by Gasteiger charge is -2.07. The van der Waals surface area contributed by atoms with Crippen LogP contribution in [0.3, 0.4) is 0 Å². The second-order valence-corrected chi connectivity index (χ2v) is 7.08. The molecule has 1 atom stereocenters. The molecule has 16 heavy (non-hydrogen) atoms. The van der Waals surface area contributed by atoms with E-state index in [0.717, 1.165) is 23.7 Å². The minimum Gasteiger partial charge on any atom is -0.125 e. The van der Waals surface area contributed by atoms with Crippen LogP contribution in [0.15, 0.2) is 39.3 Å². The summed E-state index contributed by atoms with van der Waals surface area (Å²) in [4.78, 5) is 1.04. The Kier molecular flexibility index (Phi) is 4.36. The summed E-state index contributed by atoms with van der Waals surface area (Å²) < 4.78 is 2.66. The van der Waals surface area contributed by atoms with E-state index in [1.807, 2.05) is 30.3 Å². The average molecular weight is 401 g/mol. The first-order valence-electron chi connectivity index (χ1n) is 4.42. The second kappa shape index (κ2) is 5.40. The number of benzene rings is 1. The first-order chi connectivity index (χ1) is 7.58. The number of halogens is 4. The lowest BCUT2D eigenvalue weighted by atomic mass is 10.1. The first kappa shape index (κ1) is 12.9. The van der Waals surface area contributed by atoms with Crippen molar-refractivity contribution in [2.75, 3.05) is 0 Å². The molecule has 0 spiro atoms. The Morgan fingerprint density at radius 3 is 2.50 bits per heavy atom. The van der Waals surface area contributed by atoms with Gasteiger partial charge in [-0.1, -0.05) is 39.7 Å². The summed E-state index contributed by atoms with van der Waals surface area (Å²) in [6, 6.07) is 9.93. The lowest BCUT2D eigenvalue weighted by molar-refractivity contribution is 1.18. The normalized spacial score (nSPS) is 12.8. The predicted octanol–water partition coefficient (Wildman–Crippen LogP) is 6.25. The van der Waals surface area contributed by atoms with E-state index in [4.69, 9.17) is 23.2 Å². The fraction of sp³-hybridized carbons (Fsp3) is 0.0909. The summed E-state index contributed by atoms with van der Waals surface area (Å²) in [5, 5.41) is -0.161. The van der Waals surface area contributed by atoms with Gasteiger partial charge in [-0.05, 0) is 39.7 Å². The van der Waals surface area contributed by atoms with Gasteiger partial charge in [-0.15, -0.1) is 22.9 Å². The van der Waals surface area contributed by atoms with Gasteiger partial charge in [0, 0.05) is 13.8 Å².